The van der Waals surface area contributed by atoms with Crippen molar-refractivity contribution in [3.8, 4) is 5.75 Å². The van der Waals surface area contributed by atoms with Gasteiger partial charge in [0.2, 0.25) is 0 Å². The van der Waals surface area contributed by atoms with Crippen molar-refractivity contribution in [3.05, 3.63) is 29.8 Å². The summed E-state index contributed by atoms with van der Waals surface area (Å²) in [6.45, 7) is 4.41. The third-order valence-electron chi connectivity index (χ3n) is 1.94. The van der Waals surface area contributed by atoms with E-state index in [9.17, 15) is 0 Å². The lowest BCUT2D eigenvalue weighted by atomic mass is 10.1. The quantitative estimate of drug-likeness (QED) is 0.762. The van der Waals surface area contributed by atoms with Gasteiger partial charge in [-0.25, -0.2) is 0 Å². The molecule has 0 aliphatic heterocycles. The molecule has 1 rings (SSSR count). The summed E-state index contributed by atoms with van der Waals surface area (Å²) in [7, 11) is 0. The van der Waals surface area contributed by atoms with Crippen LogP contribution < -0.4 is 16.2 Å². The Bertz CT molecular complexity index is 286. The zero-order valence-electron chi connectivity index (χ0n) is 8.73. The number of ether oxygens (including phenoxy) is 1. The number of para-hydroxylation sites is 1. The minimum Gasteiger partial charge on any atom is -0.491 e. The van der Waals surface area contributed by atoms with Crippen LogP contribution in [0.5, 0.6) is 5.75 Å². The Morgan fingerprint density at radius 3 is 2.50 bits per heavy atom. The maximum Gasteiger partial charge on any atom is 0.124 e. The minimum absolute atomic E-state index is 0.148. The average Bonchev–Trinajstić information content (AvgIpc) is 2.16. The normalized spacial score (nSPS) is 12.9. The van der Waals surface area contributed by atoms with E-state index in [1.807, 2.05) is 38.1 Å². The fourth-order valence-corrected chi connectivity index (χ4v) is 1.28. The van der Waals surface area contributed by atoms with E-state index in [0.29, 0.717) is 6.54 Å². The molecule has 4 N–H and O–H groups in total. The highest BCUT2D eigenvalue weighted by molar-refractivity contribution is 5.36. The van der Waals surface area contributed by atoms with Crippen LogP contribution in [0, 0.1) is 0 Å². The molecule has 0 amide bonds. The van der Waals surface area contributed by atoms with Crippen molar-refractivity contribution in [1.29, 1.82) is 0 Å². The molecule has 1 atom stereocenters. The van der Waals surface area contributed by atoms with Gasteiger partial charge in [-0.2, -0.15) is 0 Å². The van der Waals surface area contributed by atoms with Crippen LogP contribution in [0.3, 0.4) is 0 Å². The Morgan fingerprint density at radius 2 is 1.93 bits per heavy atom. The molecule has 0 unspecified atom stereocenters. The fraction of sp³-hybridized carbons (Fsp3) is 0.455. The maximum absolute atomic E-state index is 5.87. The van der Waals surface area contributed by atoms with Crippen molar-refractivity contribution in [2.24, 2.45) is 11.5 Å². The largest absolute Gasteiger partial charge is 0.491 e. The number of hydrogen-bond acceptors (Lipinski definition) is 3. The van der Waals surface area contributed by atoms with Crippen molar-refractivity contribution in [1.82, 2.24) is 0 Å². The van der Waals surface area contributed by atoms with E-state index in [4.69, 9.17) is 16.2 Å². The van der Waals surface area contributed by atoms with E-state index < -0.39 is 0 Å². The topological polar surface area (TPSA) is 61.3 Å². The van der Waals surface area contributed by atoms with Gasteiger partial charge in [-0.05, 0) is 19.9 Å². The van der Waals surface area contributed by atoms with E-state index in [1.165, 1.54) is 0 Å². The maximum atomic E-state index is 5.87. The molecule has 14 heavy (non-hydrogen) atoms. The molecule has 3 heteroatoms. The molecule has 1 aromatic carbocycles. The predicted molar refractivity (Wildman–Crippen MR) is 58.2 cm³/mol. The van der Waals surface area contributed by atoms with Gasteiger partial charge in [0.15, 0.2) is 0 Å². The lowest BCUT2D eigenvalue weighted by Crippen LogP contribution is -2.22. The Morgan fingerprint density at radius 1 is 1.29 bits per heavy atom. The lowest BCUT2D eigenvalue weighted by Gasteiger charge is -2.17. The molecule has 0 saturated carbocycles. The molecule has 0 fully saturated rings. The summed E-state index contributed by atoms with van der Waals surface area (Å²) < 4.78 is 5.63. The number of rotatable bonds is 4. The monoisotopic (exact) mass is 194 g/mol. The molecule has 0 aliphatic rings. The average molecular weight is 194 g/mol. The first-order valence-corrected chi connectivity index (χ1v) is 4.86. The van der Waals surface area contributed by atoms with E-state index >= 15 is 0 Å². The summed E-state index contributed by atoms with van der Waals surface area (Å²) in [4.78, 5) is 0. The minimum atomic E-state index is -0.148. The Labute approximate surface area is 85.0 Å². The molecule has 0 aromatic heterocycles. The van der Waals surface area contributed by atoms with Gasteiger partial charge in [0.05, 0.1) is 6.10 Å². The van der Waals surface area contributed by atoms with Crippen LogP contribution in [0.15, 0.2) is 24.3 Å². The smallest absolute Gasteiger partial charge is 0.124 e. The second-order valence-corrected chi connectivity index (χ2v) is 3.55. The first-order chi connectivity index (χ1) is 6.65. The summed E-state index contributed by atoms with van der Waals surface area (Å²) in [5, 5.41) is 0. The fourth-order valence-electron chi connectivity index (χ4n) is 1.28. The van der Waals surface area contributed by atoms with Crippen LogP contribution >= 0.6 is 0 Å². The zero-order valence-corrected chi connectivity index (χ0v) is 8.73. The Kier molecular flexibility index (Phi) is 3.92. The van der Waals surface area contributed by atoms with Gasteiger partial charge in [-0.1, -0.05) is 18.2 Å². The standard InChI is InChI=1S/C11H18N2O/c1-8(2)14-11-6-4-3-5-9(11)10(13)7-12/h3-6,8,10H,7,12-13H2,1-2H3/t10-/m0/s1. The van der Waals surface area contributed by atoms with Crippen LogP contribution in [0.1, 0.15) is 25.5 Å². The highest BCUT2D eigenvalue weighted by Gasteiger charge is 2.10. The zero-order chi connectivity index (χ0) is 10.6. The highest BCUT2D eigenvalue weighted by Crippen LogP contribution is 2.23. The van der Waals surface area contributed by atoms with Crippen LogP contribution in [0.4, 0.5) is 0 Å². The first kappa shape index (κ1) is 11.0. The predicted octanol–water partition coefficient (Wildman–Crippen LogP) is 1.43. The molecule has 3 nitrogen and oxygen atoms in total. The van der Waals surface area contributed by atoms with Gasteiger partial charge in [-0.15, -0.1) is 0 Å². The summed E-state index contributed by atoms with van der Waals surface area (Å²) in [6.07, 6.45) is 0.154. The second kappa shape index (κ2) is 4.98. The third-order valence-corrected chi connectivity index (χ3v) is 1.94. The molecule has 0 radical (unpaired) electrons. The van der Waals surface area contributed by atoms with E-state index in [2.05, 4.69) is 0 Å². The van der Waals surface area contributed by atoms with Gasteiger partial charge in [0.25, 0.3) is 0 Å². The number of nitrogens with two attached hydrogens (primary N) is 2. The van der Waals surface area contributed by atoms with E-state index in [-0.39, 0.29) is 12.1 Å². The molecule has 0 spiro atoms. The van der Waals surface area contributed by atoms with Gasteiger partial charge >= 0.3 is 0 Å². The highest BCUT2D eigenvalue weighted by atomic mass is 16.5. The molecule has 0 bridgehead atoms. The SMILES string of the molecule is CC(C)Oc1ccccc1[C@@H](N)CN. The van der Waals surface area contributed by atoms with Crippen molar-refractivity contribution in [3.63, 3.8) is 0 Å². The van der Waals surface area contributed by atoms with Crippen LogP contribution in [0.2, 0.25) is 0 Å². The Hall–Kier alpha value is -1.06. The number of hydrogen-bond donors (Lipinski definition) is 2. The summed E-state index contributed by atoms with van der Waals surface area (Å²) in [5.41, 5.74) is 12.4. The molecular weight excluding hydrogens is 176 g/mol. The van der Waals surface area contributed by atoms with Crippen LogP contribution in [-0.2, 0) is 0 Å². The van der Waals surface area contributed by atoms with Gasteiger partial charge in [-0.3, -0.25) is 0 Å². The molecule has 0 aliphatic carbocycles. The van der Waals surface area contributed by atoms with Gasteiger partial charge < -0.3 is 16.2 Å². The lowest BCUT2D eigenvalue weighted by molar-refractivity contribution is 0.239. The molecule has 0 heterocycles. The third kappa shape index (κ3) is 2.72. The summed E-state index contributed by atoms with van der Waals surface area (Å²) in [6, 6.07) is 7.60. The van der Waals surface area contributed by atoms with Gasteiger partial charge in [0.1, 0.15) is 5.75 Å². The van der Waals surface area contributed by atoms with Crippen molar-refractivity contribution in [2.45, 2.75) is 26.0 Å². The molecule has 1 aromatic rings. The molecular formula is C11H18N2O. The van der Waals surface area contributed by atoms with Crippen molar-refractivity contribution >= 4 is 0 Å². The van der Waals surface area contributed by atoms with Crippen molar-refractivity contribution in [2.75, 3.05) is 6.54 Å². The molecule has 78 valence electrons. The summed E-state index contributed by atoms with van der Waals surface area (Å²) >= 11 is 0. The van der Waals surface area contributed by atoms with E-state index in [0.717, 1.165) is 11.3 Å². The molecule has 0 saturated heterocycles. The van der Waals surface area contributed by atoms with Crippen LogP contribution in [-0.4, -0.2) is 12.6 Å². The summed E-state index contributed by atoms with van der Waals surface area (Å²) in [5.74, 6) is 0.834. The first-order valence-electron chi connectivity index (χ1n) is 4.86. The Balaban J connectivity index is 2.91. The van der Waals surface area contributed by atoms with Crippen LogP contribution in [0.25, 0.3) is 0 Å². The second-order valence-electron chi connectivity index (χ2n) is 3.55. The number of benzene rings is 1. The van der Waals surface area contributed by atoms with Crippen molar-refractivity contribution < 1.29 is 4.74 Å². The van der Waals surface area contributed by atoms with Gasteiger partial charge in [0, 0.05) is 18.2 Å². The van der Waals surface area contributed by atoms with E-state index in [1.54, 1.807) is 0 Å².